The molecule has 0 saturated heterocycles. The average molecular weight is 318 g/mol. The SMILES string of the molecule is CCN(CC)Cc1ccccc1CNC(=O)c1snnc1C. The van der Waals surface area contributed by atoms with Crippen LogP contribution < -0.4 is 5.32 Å². The van der Waals surface area contributed by atoms with Crippen LogP contribution in [0.3, 0.4) is 0 Å². The highest BCUT2D eigenvalue weighted by atomic mass is 32.1. The molecule has 0 unspecified atom stereocenters. The van der Waals surface area contributed by atoms with Gasteiger partial charge in [0.25, 0.3) is 5.91 Å². The van der Waals surface area contributed by atoms with Gasteiger partial charge in [-0.1, -0.05) is 42.6 Å². The van der Waals surface area contributed by atoms with Gasteiger partial charge in [-0.3, -0.25) is 9.69 Å². The molecule has 1 heterocycles. The number of rotatable bonds is 7. The van der Waals surface area contributed by atoms with E-state index in [0.717, 1.165) is 36.7 Å². The van der Waals surface area contributed by atoms with Gasteiger partial charge in [0.1, 0.15) is 4.88 Å². The monoisotopic (exact) mass is 318 g/mol. The molecule has 1 aromatic carbocycles. The Morgan fingerprint density at radius 3 is 2.50 bits per heavy atom. The number of nitrogens with zero attached hydrogens (tertiary/aromatic N) is 3. The standard InChI is InChI=1S/C16H22N4OS/c1-4-20(5-2)11-14-9-7-6-8-13(14)10-17-16(21)15-12(3)18-19-22-15/h6-9H,4-5,10-11H2,1-3H3,(H,17,21). The van der Waals surface area contributed by atoms with Gasteiger partial charge in [0.2, 0.25) is 0 Å². The van der Waals surface area contributed by atoms with Crippen LogP contribution in [0.1, 0.15) is 40.3 Å². The molecule has 0 aliphatic carbocycles. The van der Waals surface area contributed by atoms with Gasteiger partial charge >= 0.3 is 0 Å². The predicted molar refractivity (Wildman–Crippen MR) is 88.9 cm³/mol. The van der Waals surface area contributed by atoms with Crippen molar-refractivity contribution in [1.29, 1.82) is 0 Å². The number of benzene rings is 1. The van der Waals surface area contributed by atoms with Gasteiger partial charge < -0.3 is 5.32 Å². The summed E-state index contributed by atoms with van der Waals surface area (Å²) in [5.74, 6) is -0.106. The van der Waals surface area contributed by atoms with E-state index in [1.807, 2.05) is 12.1 Å². The van der Waals surface area contributed by atoms with Gasteiger partial charge in [0.15, 0.2) is 0 Å². The lowest BCUT2D eigenvalue weighted by atomic mass is 10.1. The molecule has 0 fully saturated rings. The molecular formula is C16H22N4OS. The van der Waals surface area contributed by atoms with Gasteiger partial charge in [-0.25, -0.2) is 0 Å². The molecule has 2 aromatic rings. The highest BCUT2D eigenvalue weighted by molar-refractivity contribution is 7.07. The van der Waals surface area contributed by atoms with E-state index in [1.165, 1.54) is 5.56 Å². The van der Waals surface area contributed by atoms with E-state index in [9.17, 15) is 4.79 Å². The lowest BCUT2D eigenvalue weighted by Gasteiger charge is -2.20. The van der Waals surface area contributed by atoms with Gasteiger partial charge in [-0.05, 0) is 42.7 Å². The first-order valence-electron chi connectivity index (χ1n) is 7.52. The fraction of sp³-hybridized carbons (Fsp3) is 0.438. The Morgan fingerprint density at radius 1 is 1.23 bits per heavy atom. The Bertz CT molecular complexity index is 622. The number of nitrogens with one attached hydrogen (secondary N) is 1. The molecule has 1 aromatic heterocycles. The smallest absolute Gasteiger partial charge is 0.265 e. The molecule has 5 nitrogen and oxygen atoms in total. The van der Waals surface area contributed by atoms with Crippen LogP contribution in [0.25, 0.3) is 0 Å². The molecule has 0 aliphatic heterocycles. The summed E-state index contributed by atoms with van der Waals surface area (Å²) in [5, 5.41) is 6.84. The maximum Gasteiger partial charge on any atom is 0.265 e. The third kappa shape index (κ3) is 4.11. The Balaban J connectivity index is 2.04. The van der Waals surface area contributed by atoms with Crippen LogP contribution >= 0.6 is 11.5 Å². The number of carbonyl (C=O) groups excluding carboxylic acids is 1. The molecule has 0 bridgehead atoms. The van der Waals surface area contributed by atoms with Crippen LogP contribution in [0.2, 0.25) is 0 Å². The van der Waals surface area contributed by atoms with E-state index in [1.54, 1.807) is 6.92 Å². The van der Waals surface area contributed by atoms with Crippen molar-refractivity contribution in [3.8, 4) is 0 Å². The van der Waals surface area contributed by atoms with Gasteiger partial charge in [-0.15, -0.1) is 5.10 Å². The third-order valence-electron chi connectivity index (χ3n) is 3.70. The highest BCUT2D eigenvalue weighted by Crippen LogP contribution is 2.13. The van der Waals surface area contributed by atoms with Crippen molar-refractivity contribution >= 4 is 17.4 Å². The van der Waals surface area contributed by atoms with E-state index in [-0.39, 0.29) is 5.91 Å². The molecule has 0 radical (unpaired) electrons. The first-order valence-corrected chi connectivity index (χ1v) is 8.29. The van der Waals surface area contributed by atoms with E-state index < -0.39 is 0 Å². The highest BCUT2D eigenvalue weighted by Gasteiger charge is 2.13. The molecule has 1 amide bonds. The minimum atomic E-state index is -0.106. The van der Waals surface area contributed by atoms with E-state index >= 15 is 0 Å². The van der Waals surface area contributed by atoms with Crippen molar-refractivity contribution in [2.24, 2.45) is 0 Å². The van der Waals surface area contributed by atoms with Crippen molar-refractivity contribution in [2.45, 2.75) is 33.9 Å². The Morgan fingerprint density at radius 2 is 1.91 bits per heavy atom. The number of carbonyl (C=O) groups is 1. The molecule has 0 saturated carbocycles. The van der Waals surface area contributed by atoms with Crippen molar-refractivity contribution in [3.05, 3.63) is 46.0 Å². The molecular weight excluding hydrogens is 296 g/mol. The summed E-state index contributed by atoms with van der Waals surface area (Å²) in [4.78, 5) is 15.1. The number of aromatic nitrogens is 2. The second-order valence-electron chi connectivity index (χ2n) is 5.10. The average Bonchev–Trinajstić information content (AvgIpc) is 2.97. The summed E-state index contributed by atoms with van der Waals surface area (Å²) in [5.41, 5.74) is 3.09. The van der Waals surface area contributed by atoms with E-state index in [2.05, 4.69) is 45.8 Å². The Hall–Kier alpha value is -1.79. The van der Waals surface area contributed by atoms with E-state index in [4.69, 9.17) is 0 Å². The lowest BCUT2D eigenvalue weighted by molar-refractivity contribution is 0.0954. The first kappa shape index (κ1) is 16.6. The largest absolute Gasteiger partial charge is 0.347 e. The molecule has 22 heavy (non-hydrogen) atoms. The third-order valence-corrected chi connectivity index (χ3v) is 4.53. The summed E-state index contributed by atoms with van der Waals surface area (Å²) in [6.07, 6.45) is 0. The van der Waals surface area contributed by atoms with Crippen LogP contribution in [0.15, 0.2) is 24.3 Å². The van der Waals surface area contributed by atoms with Crippen molar-refractivity contribution in [1.82, 2.24) is 19.8 Å². The number of aryl methyl sites for hydroxylation is 1. The first-order chi connectivity index (χ1) is 10.7. The van der Waals surface area contributed by atoms with Gasteiger partial charge in [0, 0.05) is 13.1 Å². The van der Waals surface area contributed by atoms with Crippen molar-refractivity contribution in [3.63, 3.8) is 0 Å². The molecule has 2 rings (SSSR count). The number of amides is 1. The quantitative estimate of drug-likeness (QED) is 0.852. The van der Waals surface area contributed by atoms with Crippen LogP contribution in [0.4, 0.5) is 0 Å². The van der Waals surface area contributed by atoms with Crippen LogP contribution in [-0.2, 0) is 13.1 Å². The minimum Gasteiger partial charge on any atom is -0.347 e. The summed E-state index contributed by atoms with van der Waals surface area (Å²) < 4.78 is 3.80. The number of hydrogen-bond donors (Lipinski definition) is 1. The maximum absolute atomic E-state index is 12.2. The van der Waals surface area contributed by atoms with E-state index in [0.29, 0.717) is 17.1 Å². The lowest BCUT2D eigenvalue weighted by Crippen LogP contribution is -2.26. The molecule has 0 atom stereocenters. The second-order valence-corrected chi connectivity index (χ2v) is 5.85. The summed E-state index contributed by atoms with van der Waals surface area (Å²) in [6, 6.07) is 8.24. The fourth-order valence-corrected chi connectivity index (χ4v) is 2.84. The van der Waals surface area contributed by atoms with Crippen LogP contribution in [-0.4, -0.2) is 33.5 Å². The minimum absolute atomic E-state index is 0.106. The topological polar surface area (TPSA) is 58.1 Å². The molecule has 1 N–H and O–H groups in total. The Kier molecular flexibility index (Phi) is 6.03. The zero-order chi connectivity index (χ0) is 15.9. The molecule has 0 aliphatic rings. The second kappa shape index (κ2) is 8.00. The van der Waals surface area contributed by atoms with Gasteiger partial charge in [-0.2, -0.15) is 0 Å². The number of hydrogen-bond acceptors (Lipinski definition) is 5. The molecule has 118 valence electrons. The fourth-order valence-electron chi connectivity index (χ4n) is 2.27. The van der Waals surface area contributed by atoms with Crippen LogP contribution in [0, 0.1) is 6.92 Å². The summed E-state index contributed by atoms with van der Waals surface area (Å²) in [7, 11) is 0. The predicted octanol–water partition coefficient (Wildman–Crippen LogP) is 2.62. The maximum atomic E-state index is 12.2. The zero-order valence-corrected chi connectivity index (χ0v) is 14.1. The van der Waals surface area contributed by atoms with Crippen LogP contribution in [0.5, 0.6) is 0 Å². The molecule has 0 spiro atoms. The van der Waals surface area contributed by atoms with Gasteiger partial charge in [0.05, 0.1) is 5.69 Å². The normalized spacial score (nSPS) is 10.9. The zero-order valence-electron chi connectivity index (χ0n) is 13.3. The van der Waals surface area contributed by atoms with Crippen molar-refractivity contribution in [2.75, 3.05) is 13.1 Å². The Labute approximate surface area is 135 Å². The molecule has 6 heteroatoms. The summed E-state index contributed by atoms with van der Waals surface area (Å²) >= 11 is 1.13. The summed E-state index contributed by atoms with van der Waals surface area (Å²) in [6.45, 7) is 9.58. The van der Waals surface area contributed by atoms with Crippen molar-refractivity contribution < 1.29 is 4.79 Å².